The van der Waals surface area contributed by atoms with Gasteiger partial charge in [0.25, 0.3) is 0 Å². The fourth-order valence-corrected chi connectivity index (χ4v) is 2.81. The zero-order valence-corrected chi connectivity index (χ0v) is 11.2. The highest BCUT2D eigenvalue weighted by Crippen LogP contribution is 2.36. The van der Waals surface area contributed by atoms with Crippen LogP contribution in [0.3, 0.4) is 0 Å². The summed E-state index contributed by atoms with van der Waals surface area (Å²) in [6.07, 6.45) is 11.4. The summed E-state index contributed by atoms with van der Waals surface area (Å²) in [5, 5.41) is 0. The molecule has 0 unspecified atom stereocenters. The van der Waals surface area contributed by atoms with Crippen molar-refractivity contribution in [1.82, 2.24) is 0 Å². The fourth-order valence-electron chi connectivity index (χ4n) is 2.81. The van der Waals surface area contributed by atoms with E-state index in [4.69, 9.17) is 0 Å². The van der Waals surface area contributed by atoms with Gasteiger partial charge < -0.3 is 0 Å². The van der Waals surface area contributed by atoms with Crippen molar-refractivity contribution in [2.24, 2.45) is 5.92 Å². The number of rotatable bonds is 3. The molecule has 0 aromatic heterocycles. The normalized spacial score (nSPS) is 25.3. The Hall–Kier alpha value is -1.04. The predicted molar refractivity (Wildman–Crippen MR) is 75.3 cm³/mol. The Morgan fingerprint density at radius 1 is 1.06 bits per heavy atom. The van der Waals surface area contributed by atoms with Crippen molar-refractivity contribution in [2.75, 3.05) is 0 Å². The molecule has 0 radical (unpaired) electrons. The lowest BCUT2D eigenvalue weighted by Crippen LogP contribution is -2.11. The zero-order chi connectivity index (χ0) is 12.1. The fraction of sp³-hybridized carbons (Fsp3) is 0.529. The first-order valence-electron chi connectivity index (χ1n) is 7.03. The lowest BCUT2D eigenvalue weighted by molar-refractivity contribution is 0.375. The van der Waals surface area contributed by atoms with E-state index >= 15 is 0 Å². The van der Waals surface area contributed by atoms with Gasteiger partial charge in [0.05, 0.1) is 0 Å². The number of hydrogen-bond donors (Lipinski definition) is 0. The molecule has 0 nitrogen and oxygen atoms in total. The largest absolute Gasteiger partial charge is 0.0885 e. The van der Waals surface area contributed by atoms with Gasteiger partial charge in [-0.25, -0.2) is 0 Å². The van der Waals surface area contributed by atoms with Crippen LogP contribution in [-0.4, -0.2) is 0 Å². The molecule has 0 N–H and O–H groups in total. The molecule has 0 amide bonds. The van der Waals surface area contributed by atoms with Gasteiger partial charge in [0.1, 0.15) is 0 Å². The molecule has 0 atom stereocenters. The van der Waals surface area contributed by atoms with Crippen LogP contribution in [-0.2, 0) is 0 Å². The second kappa shape index (κ2) is 6.05. The highest BCUT2D eigenvalue weighted by Gasteiger charge is 2.20. The number of hydrogen-bond acceptors (Lipinski definition) is 0. The van der Waals surface area contributed by atoms with Gasteiger partial charge >= 0.3 is 0 Å². The van der Waals surface area contributed by atoms with Gasteiger partial charge in [-0.05, 0) is 56.4 Å². The molecule has 0 spiro atoms. The summed E-state index contributed by atoms with van der Waals surface area (Å²) in [6.45, 7) is 4.38. The van der Waals surface area contributed by atoms with E-state index in [2.05, 4.69) is 50.3 Å². The van der Waals surface area contributed by atoms with Crippen LogP contribution in [0.4, 0.5) is 0 Å². The Bertz CT molecular complexity index is 350. The molecule has 17 heavy (non-hydrogen) atoms. The van der Waals surface area contributed by atoms with Crippen molar-refractivity contribution in [2.45, 2.75) is 51.9 Å². The SMILES string of the molecule is CCC=CC1CCC(c2ccc(C)cc2)CC1. The number of benzene rings is 1. The van der Waals surface area contributed by atoms with Crippen molar-refractivity contribution in [3.63, 3.8) is 0 Å². The summed E-state index contributed by atoms with van der Waals surface area (Å²) in [5.74, 6) is 1.65. The lowest BCUT2D eigenvalue weighted by atomic mass is 9.78. The standard InChI is InChI=1S/C17H24/c1-3-4-5-15-8-12-17(13-9-15)16-10-6-14(2)7-11-16/h4-7,10-11,15,17H,3,8-9,12-13H2,1-2H3. The summed E-state index contributed by atoms with van der Waals surface area (Å²) in [6, 6.07) is 9.14. The topological polar surface area (TPSA) is 0 Å². The Labute approximate surface area is 106 Å². The first-order chi connectivity index (χ1) is 8.29. The maximum absolute atomic E-state index is 2.44. The van der Waals surface area contributed by atoms with E-state index in [1.807, 2.05) is 0 Å². The smallest absolute Gasteiger partial charge is 0.0162 e. The molecule has 1 aromatic carbocycles. The Balaban J connectivity index is 1.90. The zero-order valence-electron chi connectivity index (χ0n) is 11.2. The quantitative estimate of drug-likeness (QED) is 0.621. The van der Waals surface area contributed by atoms with Gasteiger partial charge in [0.2, 0.25) is 0 Å². The molecule has 92 valence electrons. The van der Waals surface area contributed by atoms with E-state index in [9.17, 15) is 0 Å². The van der Waals surface area contributed by atoms with Crippen LogP contribution in [0.2, 0.25) is 0 Å². The Morgan fingerprint density at radius 3 is 2.29 bits per heavy atom. The molecule has 0 aliphatic heterocycles. The van der Waals surface area contributed by atoms with Crippen LogP contribution in [0.25, 0.3) is 0 Å². The first-order valence-corrected chi connectivity index (χ1v) is 7.03. The molecule has 1 fully saturated rings. The van der Waals surface area contributed by atoms with Gasteiger partial charge in [0.15, 0.2) is 0 Å². The van der Waals surface area contributed by atoms with Crippen molar-refractivity contribution in [1.29, 1.82) is 0 Å². The minimum atomic E-state index is 0.807. The molecule has 1 aliphatic carbocycles. The Morgan fingerprint density at radius 2 is 1.71 bits per heavy atom. The van der Waals surface area contributed by atoms with Crippen LogP contribution < -0.4 is 0 Å². The predicted octanol–water partition coefficient (Wildman–Crippen LogP) is 5.24. The maximum atomic E-state index is 2.44. The van der Waals surface area contributed by atoms with Gasteiger partial charge in [0, 0.05) is 0 Å². The molecule has 2 rings (SSSR count). The lowest BCUT2D eigenvalue weighted by Gasteiger charge is -2.27. The van der Waals surface area contributed by atoms with Crippen molar-refractivity contribution in [3.8, 4) is 0 Å². The van der Waals surface area contributed by atoms with Crippen LogP contribution in [0.1, 0.15) is 56.1 Å². The number of aryl methyl sites for hydroxylation is 1. The van der Waals surface area contributed by atoms with E-state index in [0.717, 1.165) is 11.8 Å². The van der Waals surface area contributed by atoms with Gasteiger partial charge in [-0.15, -0.1) is 0 Å². The second-order valence-corrected chi connectivity index (χ2v) is 5.36. The van der Waals surface area contributed by atoms with Crippen LogP contribution >= 0.6 is 0 Å². The van der Waals surface area contributed by atoms with Gasteiger partial charge in [-0.1, -0.05) is 48.9 Å². The summed E-state index contributed by atoms with van der Waals surface area (Å²) in [7, 11) is 0. The highest BCUT2D eigenvalue weighted by molar-refractivity contribution is 5.25. The van der Waals surface area contributed by atoms with Crippen molar-refractivity contribution in [3.05, 3.63) is 47.5 Å². The Kier molecular flexibility index (Phi) is 4.42. The molecule has 0 saturated heterocycles. The third kappa shape index (κ3) is 3.46. The summed E-state index contributed by atoms with van der Waals surface area (Å²) < 4.78 is 0. The third-order valence-corrected chi connectivity index (χ3v) is 3.96. The average molecular weight is 228 g/mol. The van der Waals surface area contributed by atoms with Gasteiger partial charge in [-0.3, -0.25) is 0 Å². The van der Waals surface area contributed by atoms with Crippen LogP contribution in [0.15, 0.2) is 36.4 Å². The molecule has 0 heteroatoms. The van der Waals surface area contributed by atoms with Crippen molar-refractivity contribution < 1.29 is 0 Å². The second-order valence-electron chi connectivity index (χ2n) is 5.36. The van der Waals surface area contributed by atoms with Crippen LogP contribution in [0, 0.1) is 12.8 Å². The van der Waals surface area contributed by atoms with Gasteiger partial charge in [-0.2, -0.15) is 0 Å². The molecule has 1 aliphatic rings. The highest BCUT2D eigenvalue weighted by atomic mass is 14.2. The molecule has 1 aromatic rings. The summed E-state index contributed by atoms with van der Waals surface area (Å²) >= 11 is 0. The van der Waals surface area contributed by atoms with E-state index in [1.165, 1.54) is 37.7 Å². The molecule has 0 bridgehead atoms. The average Bonchev–Trinajstić information content (AvgIpc) is 2.38. The third-order valence-electron chi connectivity index (χ3n) is 3.96. The van der Waals surface area contributed by atoms with Crippen molar-refractivity contribution >= 4 is 0 Å². The summed E-state index contributed by atoms with van der Waals surface area (Å²) in [5.41, 5.74) is 2.92. The van der Waals surface area contributed by atoms with E-state index in [0.29, 0.717) is 0 Å². The monoisotopic (exact) mass is 228 g/mol. The molecule has 1 saturated carbocycles. The van der Waals surface area contributed by atoms with E-state index in [-0.39, 0.29) is 0 Å². The number of allylic oxidation sites excluding steroid dienone is 2. The van der Waals surface area contributed by atoms with Crippen LogP contribution in [0.5, 0.6) is 0 Å². The molecular weight excluding hydrogens is 204 g/mol. The molecular formula is C17H24. The summed E-state index contributed by atoms with van der Waals surface area (Å²) in [4.78, 5) is 0. The minimum absolute atomic E-state index is 0.807. The van der Waals surface area contributed by atoms with E-state index < -0.39 is 0 Å². The minimum Gasteiger partial charge on any atom is -0.0885 e. The first kappa shape index (κ1) is 12.4. The maximum Gasteiger partial charge on any atom is -0.0162 e. The molecule has 0 heterocycles. The van der Waals surface area contributed by atoms with E-state index in [1.54, 1.807) is 5.56 Å².